The molecule has 38 heavy (non-hydrogen) atoms. The molecule has 1 saturated heterocycles. The molecule has 7 heteroatoms. The predicted octanol–water partition coefficient (Wildman–Crippen LogP) is 6.20. The van der Waals surface area contributed by atoms with Crippen molar-refractivity contribution in [2.75, 3.05) is 19.6 Å². The summed E-state index contributed by atoms with van der Waals surface area (Å²) in [5.74, 6) is 0.00867. The summed E-state index contributed by atoms with van der Waals surface area (Å²) in [5, 5.41) is 11.8. The van der Waals surface area contributed by atoms with Gasteiger partial charge in [-0.1, -0.05) is 30.0 Å². The highest BCUT2D eigenvalue weighted by atomic mass is 32.2. The van der Waals surface area contributed by atoms with Crippen molar-refractivity contribution in [2.45, 2.75) is 54.4 Å². The van der Waals surface area contributed by atoms with Gasteiger partial charge in [-0.3, -0.25) is 14.9 Å². The molecule has 0 unspecified atom stereocenters. The van der Waals surface area contributed by atoms with Crippen LogP contribution in [0.25, 0.3) is 23.1 Å². The van der Waals surface area contributed by atoms with Crippen molar-refractivity contribution in [2.24, 2.45) is 0 Å². The van der Waals surface area contributed by atoms with E-state index in [1.165, 1.54) is 44.5 Å². The van der Waals surface area contributed by atoms with Crippen LogP contribution in [0.3, 0.4) is 0 Å². The fourth-order valence-electron chi connectivity index (χ4n) is 4.93. The van der Waals surface area contributed by atoms with E-state index in [4.69, 9.17) is 0 Å². The lowest BCUT2D eigenvalue weighted by molar-refractivity contribution is 0.0948. The monoisotopic (exact) mass is 523 g/mol. The average Bonchev–Trinajstić information content (AvgIpc) is 3.42. The van der Waals surface area contributed by atoms with Gasteiger partial charge >= 0.3 is 0 Å². The number of fused-ring (bicyclic) bond motifs is 1. The molecule has 2 N–H and O–H groups in total. The van der Waals surface area contributed by atoms with Gasteiger partial charge in [0, 0.05) is 27.4 Å². The number of nitrogens with zero attached hydrogens (tertiary/aromatic N) is 3. The first-order valence-corrected chi connectivity index (χ1v) is 14.4. The molecule has 3 heterocycles. The van der Waals surface area contributed by atoms with Gasteiger partial charge in [-0.2, -0.15) is 5.10 Å². The predicted molar refractivity (Wildman–Crippen MR) is 154 cm³/mol. The van der Waals surface area contributed by atoms with Gasteiger partial charge in [-0.15, -0.1) is 0 Å². The number of carbonyl (C=O) groups is 1. The summed E-state index contributed by atoms with van der Waals surface area (Å²) in [6.07, 6.45) is 13.1. The van der Waals surface area contributed by atoms with Crippen molar-refractivity contribution in [3.63, 3.8) is 0 Å². The average molecular weight is 524 g/mol. The molecule has 0 radical (unpaired) electrons. The number of carbonyl (C=O) groups excluding carboxylic acids is 1. The third kappa shape index (κ3) is 6.17. The standard InChI is InChI=1S/C31H33N5OS/c37-31(33-24-11-12-24)27-7-1-2-8-30(27)38-25-14-15-26-28(34-35-29(26)20-25)16-13-23-10-9-22(21-32-23)6-5-19-36-17-3-4-18-36/h1-2,7-10,13-16,20-21,24H,3-6,11-12,17-19H2,(H,33,37)(H,34,35)/b16-13+. The van der Waals surface area contributed by atoms with Crippen LogP contribution in [0.5, 0.6) is 0 Å². The van der Waals surface area contributed by atoms with Gasteiger partial charge in [0.15, 0.2) is 0 Å². The number of aromatic nitrogens is 3. The SMILES string of the molecule is O=C(NC1CC1)c1ccccc1Sc1ccc2c(/C=C/c3ccc(CCCN4CCCC4)cn3)n[nH]c2c1. The van der Waals surface area contributed by atoms with E-state index in [0.29, 0.717) is 6.04 Å². The maximum Gasteiger partial charge on any atom is 0.252 e. The van der Waals surface area contributed by atoms with E-state index in [2.05, 4.69) is 55.7 Å². The van der Waals surface area contributed by atoms with Gasteiger partial charge in [-0.25, -0.2) is 0 Å². The highest BCUT2D eigenvalue weighted by molar-refractivity contribution is 7.99. The number of hydrogen-bond donors (Lipinski definition) is 2. The molecule has 4 aromatic rings. The van der Waals surface area contributed by atoms with E-state index in [-0.39, 0.29) is 5.91 Å². The number of nitrogens with one attached hydrogen (secondary N) is 2. The summed E-state index contributed by atoms with van der Waals surface area (Å²) in [6.45, 7) is 3.71. The first-order valence-electron chi connectivity index (χ1n) is 13.6. The molecule has 2 fully saturated rings. The Kier molecular flexibility index (Phi) is 7.56. The number of aryl methyl sites for hydroxylation is 1. The lowest BCUT2D eigenvalue weighted by Crippen LogP contribution is -2.25. The zero-order chi connectivity index (χ0) is 25.7. The maximum atomic E-state index is 12.7. The summed E-state index contributed by atoms with van der Waals surface area (Å²) < 4.78 is 0. The van der Waals surface area contributed by atoms with E-state index >= 15 is 0 Å². The van der Waals surface area contributed by atoms with Crippen LogP contribution in [-0.4, -0.2) is 51.7 Å². The largest absolute Gasteiger partial charge is 0.349 e. The van der Waals surface area contributed by atoms with Crippen LogP contribution in [0.4, 0.5) is 0 Å². The number of aromatic amines is 1. The van der Waals surface area contributed by atoms with Crippen LogP contribution in [-0.2, 0) is 6.42 Å². The number of H-pyrrole nitrogens is 1. The van der Waals surface area contributed by atoms with Crippen molar-refractivity contribution in [3.8, 4) is 0 Å². The fourth-order valence-corrected chi connectivity index (χ4v) is 5.92. The van der Waals surface area contributed by atoms with Gasteiger partial charge < -0.3 is 10.2 Å². The lowest BCUT2D eigenvalue weighted by Gasteiger charge is -2.13. The van der Waals surface area contributed by atoms with Crippen molar-refractivity contribution in [1.29, 1.82) is 0 Å². The van der Waals surface area contributed by atoms with Gasteiger partial charge in [0.1, 0.15) is 0 Å². The van der Waals surface area contributed by atoms with Crippen LogP contribution in [0.15, 0.2) is 70.6 Å². The lowest BCUT2D eigenvalue weighted by atomic mass is 10.1. The second kappa shape index (κ2) is 11.5. The number of benzene rings is 2. The van der Waals surface area contributed by atoms with Crippen molar-refractivity contribution in [3.05, 3.63) is 83.3 Å². The molecule has 1 saturated carbocycles. The van der Waals surface area contributed by atoms with Crippen LogP contribution >= 0.6 is 11.8 Å². The first-order chi connectivity index (χ1) is 18.7. The van der Waals surface area contributed by atoms with Crippen LogP contribution in [0, 0.1) is 0 Å². The molecule has 0 bridgehead atoms. The second-order valence-electron chi connectivity index (χ2n) is 10.2. The molecule has 1 aliphatic heterocycles. The minimum absolute atomic E-state index is 0.00867. The number of rotatable bonds is 10. The Morgan fingerprint density at radius 2 is 1.95 bits per heavy atom. The summed E-state index contributed by atoms with van der Waals surface area (Å²) in [7, 11) is 0. The minimum atomic E-state index is 0.00867. The second-order valence-corrected chi connectivity index (χ2v) is 11.4. The molecular formula is C31H33N5OS. The topological polar surface area (TPSA) is 73.9 Å². The van der Waals surface area contributed by atoms with E-state index < -0.39 is 0 Å². The van der Waals surface area contributed by atoms with E-state index in [0.717, 1.165) is 56.9 Å². The third-order valence-corrected chi connectivity index (χ3v) is 8.30. The van der Waals surface area contributed by atoms with E-state index in [1.807, 2.05) is 42.6 Å². The molecule has 6 nitrogen and oxygen atoms in total. The number of pyridine rings is 1. The quantitative estimate of drug-likeness (QED) is 0.259. The molecule has 194 valence electrons. The molecular weight excluding hydrogens is 490 g/mol. The van der Waals surface area contributed by atoms with E-state index in [9.17, 15) is 4.79 Å². The van der Waals surface area contributed by atoms with Crippen molar-refractivity contribution in [1.82, 2.24) is 25.4 Å². The van der Waals surface area contributed by atoms with E-state index in [1.54, 1.807) is 11.8 Å². The van der Waals surface area contributed by atoms with Crippen molar-refractivity contribution < 1.29 is 4.79 Å². The number of hydrogen-bond acceptors (Lipinski definition) is 5. The molecule has 2 aromatic heterocycles. The fraction of sp³-hybridized carbons (Fsp3) is 0.323. The molecule has 6 rings (SSSR count). The minimum Gasteiger partial charge on any atom is -0.349 e. The van der Waals surface area contributed by atoms with Gasteiger partial charge in [-0.05, 0) is 112 Å². The van der Waals surface area contributed by atoms with Crippen molar-refractivity contribution >= 4 is 40.7 Å². The zero-order valence-electron chi connectivity index (χ0n) is 21.5. The first kappa shape index (κ1) is 24.9. The van der Waals surface area contributed by atoms with Crippen LogP contribution in [0.1, 0.15) is 59.4 Å². The Labute approximate surface area is 227 Å². The molecule has 1 aliphatic carbocycles. The Morgan fingerprint density at radius 1 is 1.08 bits per heavy atom. The molecule has 2 aromatic carbocycles. The highest BCUT2D eigenvalue weighted by Crippen LogP contribution is 2.33. The third-order valence-electron chi connectivity index (χ3n) is 7.23. The van der Waals surface area contributed by atoms with Gasteiger partial charge in [0.05, 0.1) is 22.5 Å². The number of amides is 1. The van der Waals surface area contributed by atoms with Gasteiger partial charge in [0.25, 0.3) is 5.91 Å². The Morgan fingerprint density at radius 3 is 2.76 bits per heavy atom. The summed E-state index contributed by atoms with van der Waals surface area (Å²) >= 11 is 1.60. The normalized spacial score (nSPS) is 16.0. The molecule has 0 atom stereocenters. The summed E-state index contributed by atoms with van der Waals surface area (Å²) in [4.78, 5) is 21.9. The van der Waals surface area contributed by atoms with Gasteiger partial charge in [0.2, 0.25) is 0 Å². The zero-order valence-corrected chi connectivity index (χ0v) is 22.3. The Hall–Kier alpha value is -3.42. The summed E-state index contributed by atoms with van der Waals surface area (Å²) in [5.41, 5.74) is 4.80. The molecule has 1 amide bonds. The highest BCUT2D eigenvalue weighted by Gasteiger charge is 2.25. The van der Waals surface area contributed by atoms with Crippen LogP contribution < -0.4 is 5.32 Å². The molecule has 0 spiro atoms. The Bertz CT molecular complexity index is 1430. The number of likely N-dealkylation sites (tertiary alicyclic amines) is 1. The summed E-state index contributed by atoms with van der Waals surface area (Å²) in [6, 6.07) is 18.7. The smallest absolute Gasteiger partial charge is 0.252 e. The maximum absolute atomic E-state index is 12.7. The molecule has 2 aliphatic rings. The Balaban J connectivity index is 1.09. The van der Waals surface area contributed by atoms with Crippen LogP contribution in [0.2, 0.25) is 0 Å².